The van der Waals surface area contributed by atoms with Crippen LogP contribution in [0.25, 0.3) is 0 Å². The number of ether oxygens (including phenoxy) is 1. The lowest BCUT2D eigenvalue weighted by atomic mass is 9.92. The summed E-state index contributed by atoms with van der Waals surface area (Å²) in [6, 6.07) is 13.5. The van der Waals surface area contributed by atoms with Crippen LogP contribution in [-0.2, 0) is 20.8 Å². The molecular weight excluding hydrogens is 400 g/mol. The Hall–Kier alpha value is -3.88. The number of carbonyl (C=O) groups excluding carboxylic acids is 4. The van der Waals surface area contributed by atoms with Gasteiger partial charge in [-0.15, -0.1) is 0 Å². The van der Waals surface area contributed by atoms with Gasteiger partial charge in [0, 0.05) is 6.42 Å². The third-order valence-electron chi connectivity index (χ3n) is 5.45. The molecule has 0 aliphatic carbocycles. The maximum atomic E-state index is 13.1. The summed E-state index contributed by atoms with van der Waals surface area (Å²) in [6.07, 6.45) is 0.210. The molecule has 2 aliphatic rings. The van der Waals surface area contributed by atoms with Crippen LogP contribution in [0.15, 0.2) is 48.5 Å². The number of amides is 5. The Bertz CT molecular complexity index is 1090. The lowest BCUT2D eigenvalue weighted by molar-refractivity contribution is -0.134. The van der Waals surface area contributed by atoms with Crippen LogP contribution in [0.2, 0.25) is 0 Å². The maximum Gasteiger partial charge on any atom is 0.325 e. The minimum atomic E-state index is -1.22. The van der Waals surface area contributed by atoms with E-state index in [1.54, 1.807) is 37.3 Å². The van der Waals surface area contributed by atoms with Crippen LogP contribution in [0, 0.1) is 0 Å². The number of fused-ring (bicyclic) bond motifs is 1. The SMILES string of the molecule is COc1ccccc1CC1(C)NC(=O)N(CC(=O)N2CC(=O)Nc3ccccc32)C1=O. The smallest absolute Gasteiger partial charge is 0.325 e. The number of anilines is 2. The molecule has 9 nitrogen and oxygen atoms in total. The fraction of sp³-hybridized carbons (Fsp3) is 0.273. The Morgan fingerprint density at radius 3 is 2.58 bits per heavy atom. The third kappa shape index (κ3) is 3.70. The van der Waals surface area contributed by atoms with Crippen molar-refractivity contribution < 1.29 is 23.9 Å². The number of methoxy groups -OCH3 is 1. The van der Waals surface area contributed by atoms with Crippen LogP contribution in [-0.4, -0.2) is 54.4 Å². The van der Waals surface area contributed by atoms with Crippen molar-refractivity contribution in [1.29, 1.82) is 0 Å². The molecule has 2 aromatic rings. The average Bonchev–Trinajstić information content (AvgIpc) is 2.96. The van der Waals surface area contributed by atoms with Gasteiger partial charge >= 0.3 is 6.03 Å². The summed E-state index contributed by atoms with van der Waals surface area (Å²) in [4.78, 5) is 52.9. The molecule has 2 heterocycles. The topological polar surface area (TPSA) is 108 Å². The molecule has 1 saturated heterocycles. The van der Waals surface area contributed by atoms with E-state index >= 15 is 0 Å². The molecule has 4 rings (SSSR count). The predicted octanol–water partition coefficient (Wildman–Crippen LogP) is 1.53. The normalized spacial score (nSPS) is 20.3. The van der Waals surface area contributed by atoms with Crippen molar-refractivity contribution in [1.82, 2.24) is 10.2 Å². The van der Waals surface area contributed by atoms with E-state index in [1.165, 1.54) is 12.0 Å². The summed E-state index contributed by atoms with van der Waals surface area (Å²) in [5, 5.41) is 5.40. The summed E-state index contributed by atoms with van der Waals surface area (Å²) in [7, 11) is 1.54. The molecule has 2 aliphatic heterocycles. The quantitative estimate of drug-likeness (QED) is 0.711. The lowest BCUT2D eigenvalue weighted by Crippen LogP contribution is -2.49. The summed E-state index contributed by atoms with van der Waals surface area (Å²) < 4.78 is 5.34. The number of urea groups is 1. The minimum absolute atomic E-state index is 0.183. The summed E-state index contributed by atoms with van der Waals surface area (Å²) >= 11 is 0. The Balaban J connectivity index is 1.53. The molecule has 0 saturated carbocycles. The largest absolute Gasteiger partial charge is 0.496 e. The number of benzene rings is 2. The summed E-state index contributed by atoms with van der Waals surface area (Å²) in [5.41, 5.74) is 0.570. The van der Waals surface area contributed by atoms with Crippen molar-refractivity contribution in [2.75, 3.05) is 30.4 Å². The first-order valence-corrected chi connectivity index (χ1v) is 9.77. The van der Waals surface area contributed by atoms with Crippen molar-refractivity contribution in [2.24, 2.45) is 0 Å². The highest BCUT2D eigenvalue weighted by atomic mass is 16.5. The first kappa shape index (κ1) is 20.4. The van der Waals surface area contributed by atoms with E-state index in [1.807, 2.05) is 18.2 Å². The number of carbonyl (C=O) groups is 4. The number of rotatable bonds is 5. The minimum Gasteiger partial charge on any atom is -0.496 e. The Morgan fingerprint density at radius 1 is 1.10 bits per heavy atom. The first-order chi connectivity index (χ1) is 14.8. The first-order valence-electron chi connectivity index (χ1n) is 9.77. The van der Waals surface area contributed by atoms with Gasteiger partial charge in [-0.3, -0.25) is 24.2 Å². The zero-order chi connectivity index (χ0) is 22.2. The molecule has 31 heavy (non-hydrogen) atoms. The summed E-state index contributed by atoms with van der Waals surface area (Å²) in [6.45, 7) is 0.972. The van der Waals surface area contributed by atoms with Gasteiger partial charge in [0.05, 0.1) is 18.5 Å². The van der Waals surface area contributed by atoms with Crippen molar-refractivity contribution in [2.45, 2.75) is 18.9 Å². The van der Waals surface area contributed by atoms with Gasteiger partial charge in [-0.2, -0.15) is 0 Å². The van der Waals surface area contributed by atoms with Gasteiger partial charge in [0.25, 0.3) is 5.91 Å². The predicted molar refractivity (Wildman–Crippen MR) is 113 cm³/mol. The number of hydrogen-bond donors (Lipinski definition) is 2. The molecule has 0 aromatic heterocycles. The van der Waals surface area contributed by atoms with E-state index in [0.717, 1.165) is 10.5 Å². The molecule has 0 spiro atoms. The van der Waals surface area contributed by atoms with Crippen LogP contribution in [0.3, 0.4) is 0 Å². The molecule has 1 fully saturated rings. The monoisotopic (exact) mass is 422 g/mol. The standard InChI is InChI=1S/C22H22N4O5/c1-22(11-14-7-3-6-10-17(14)31-2)20(29)26(21(30)24-22)13-19(28)25-12-18(27)23-15-8-4-5-9-16(15)25/h3-10H,11-13H2,1-2H3,(H,23,27)(H,24,30). The van der Waals surface area contributed by atoms with E-state index in [4.69, 9.17) is 4.74 Å². The number of hydrogen-bond acceptors (Lipinski definition) is 5. The Labute approximate surface area is 179 Å². The van der Waals surface area contributed by atoms with Crippen LogP contribution in [0.5, 0.6) is 5.75 Å². The highest BCUT2D eigenvalue weighted by Gasteiger charge is 2.49. The highest BCUT2D eigenvalue weighted by molar-refractivity contribution is 6.14. The van der Waals surface area contributed by atoms with E-state index in [0.29, 0.717) is 17.1 Å². The van der Waals surface area contributed by atoms with E-state index in [9.17, 15) is 19.2 Å². The lowest BCUT2D eigenvalue weighted by Gasteiger charge is -2.30. The summed E-state index contributed by atoms with van der Waals surface area (Å²) in [5.74, 6) is -0.764. The second-order valence-corrected chi connectivity index (χ2v) is 7.69. The fourth-order valence-corrected chi connectivity index (χ4v) is 3.92. The van der Waals surface area contributed by atoms with Crippen molar-refractivity contribution in [3.63, 3.8) is 0 Å². The van der Waals surface area contributed by atoms with Gasteiger partial charge in [-0.25, -0.2) is 4.79 Å². The molecule has 2 aromatic carbocycles. The average molecular weight is 422 g/mol. The molecule has 1 atom stereocenters. The molecule has 0 bridgehead atoms. The number of para-hydroxylation sites is 3. The van der Waals surface area contributed by atoms with Gasteiger partial charge in [0.15, 0.2) is 0 Å². The molecular formula is C22H22N4O5. The van der Waals surface area contributed by atoms with Crippen LogP contribution < -0.4 is 20.3 Å². The molecule has 5 amide bonds. The number of imide groups is 1. The van der Waals surface area contributed by atoms with E-state index in [-0.39, 0.29) is 18.9 Å². The van der Waals surface area contributed by atoms with Crippen molar-refractivity contribution in [3.05, 3.63) is 54.1 Å². The third-order valence-corrected chi connectivity index (χ3v) is 5.45. The zero-order valence-corrected chi connectivity index (χ0v) is 17.2. The van der Waals surface area contributed by atoms with Gasteiger partial charge in [-0.05, 0) is 30.7 Å². The van der Waals surface area contributed by atoms with Crippen LogP contribution in [0.4, 0.5) is 16.2 Å². The number of nitrogens with zero attached hydrogens (tertiary/aromatic N) is 2. The second kappa shape index (κ2) is 7.75. The number of nitrogens with one attached hydrogen (secondary N) is 2. The molecule has 2 N–H and O–H groups in total. The van der Waals surface area contributed by atoms with Crippen LogP contribution in [0.1, 0.15) is 12.5 Å². The zero-order valence-electron chi connectivity index (χ0n) is 17.2. The van der Waals surface area contributed by atoms with E-state index in [2.05, 4.69) is 10.6 Å². The molecule has 160 valence electrons. The van der Waals surface area contributed by atoms with Crippen molar-refractivity contribution in [3.8, 4) is 5.75 Å². The second-order valence-electron chi connectivity index (χ2n) is 7.69. The van der Waals surface area contributed by atoms with Gasteiger partial charge in [0.1, 0.15) is 24.4 Å². The van der Waals surface area contributed by atoms with Gasteiger partial charge in [-0.1, -0.05) is 30.3 Å². The van der Waals surface area contributed by atoms with Crippen LogP contribution >= 0.6 is 0 Å². The Morgan fingerprint density at radius 2 is 1.81 bits per heavy atom. The Kier molecular flexibility index (Phi) is 5.10. The van der Waals surface area contributed by atoms with Gasteiger partial charge < -0.3 is 15.4 Å². The molecule has 1 unspecified atom stereocenters. The van der Waals surface area contributed by atoms with Gasteiger partial charge in [0.2, 0.25) is 11.8 Å². The van der Waals surface area contributed by atoms with Crippen molar-refractivity contribution >= 4 is 35.1 Å². The molecule has 0 radical (unpaired) electrons. The maximum absolute atomic E-state index is 13.1. The fourth-order valence-electron chi connectivity index (χ4n) is 3.92. The van der Waals surface area contributed by atoms with E-state index < -0.39 is 29.9 Å². The highest BCUT2D eigenvalue weighted by Crippen LogP contribution is 2.30. The molecule has 9 heteroatoms.